The maximum Gasteiger partial charge on any atom is 0.229 e. The summed E-state index contributed by atoms with van der Waals surface area (Å²) in [5, 5.41) is 59.1. The molecule has 0 aliphatic carbocycles. The number of aromatic hydroxyl groups is 1. The van der Waals surface area contributed by atoms with Gasteiger partial charge in [-0.1, -0.05) is 24.3 Å². The molecule has 6 N–H and O–H groups in total. The van der Waals surface area contributed by atoms with Crippen LogP contribution in [0.5, 0.6) is 23.0 Å². The number of methoxy groups -OCH3 is 2. The Labute approximate surface area is 218 Å². The first-order valence-corrected chi connectivity index (χ1v) is 11.5. The Balaban J connectivity index is 1.66. The van der Waals surface area contributed by atoms with Crippen molar-refractivity contribution in [3.63, 3.8) is 0 Å². The van der Waals surface area contributed by atoms with E-state index >= 15 is 0 Å². The van der Waals surface area contributed by atoms with Gasteiger partial charge in [-0.2, -0.15) is 0 Å². The molecule has 38 heavy (non-hydrogen) atoms. The number of hydrogen-bond acceptors (Lipinski definition) is 11. The van der Waals surface area contributed by atoms with Crippen molar-refractivity contribution < 1.29 is 54.4 Å². The first-order valence-electron chi connectivity index (χ1n) is 11.5. The Hall–Kier alpha value is -3.87. The molecule has 1 fully saturated rings. The maximum atomic E-state index is 12.2. The summed E-state index contributed by atoms with van der Waals surface area (Å²) in [5.74, 6) is -0.149. The number of rotatable bonds is 10. The molecule has 1 aliphatic rings. The third-order valence-electron chi connectivity index (χ3n) is 5.66. The minimum atomic E-state index is -1.59. The van der Waals surface area contributed by atoms with Gasteiger partial charge in [-0.05, 0) is 47.5 Å². The number of allylic oxidation sites excluding steroid dienone is 3. The molecule has 0 unspecified atom stereocenters. The fourth-order valence-electron chi connectivity index (χ4n) is 3.57. The van der Waals surface area contributed by atoms with Crippen molar-refractivity contribution in [1.82, 2.24) is 0 Å². The lowest BCUT2D eigenvalue weighted by molar-refractivity contribution is -0.277. The van der Waals surface area contributed by atoms with Crippen LogP contribution in [-0.4, -0.2) is 88.0 Å². The van der Waals surface area contributed by atoms with E-state index in [0.717, 1.165) is 6.08 Å². The predicted octanol–water partition coefficient (Wildman–Crippen LogP) is 1.33. The molecule has 5 atom stereocenters. The average Bonchev–Trinajstić information content (AvgIpc) is 2.92. The maximum absolute atomic E-state index is 12.2. The number of carbonyl (C=O) groups excluding carboxylic acids is 1. The van der Waals surface area contributed by atoms with Gasteiger partial charge in [-0.15, -0.1) is 0 Å². The van der Waals surface area contributed by atoms with Crippen molar-refractivity contribution in [1.29, 1.82) is 0 Å². The standard InChI is InChI=1S/C27H30O11/c1-35-21-11-15(5-9-19(21)31)3-7-17(29)13-18(30)8-4-16-6-10-20(22(12-16)36-2)37-27-26(34)25(33)24(32)23(14-28)38-27/h3-13,23-28,30-34H,14H2,1-2H3/b7-3+,8-4+,18-13-/t23-,24+,25+,26-,27-/m1/s1. The van der Waals surface area contributed by atoms with Gasteiger partial charge in [0.2, 0.25) is 6.29 Å². The molecule has 0 amide bonds. The first kappa shape index (κ1) is 28.7. The zero-order valence-corrected chi connectivity index (χ0v) is 20.7. The van der Waals surface area contributed by atoms with E-state index in [4.69, 9.17) is 18.9 Å². The summed E-state index contributed by atoms with van der Waals surface area (Å²) < 4.78 is 21.3. The average molecular weight is 531 g/mol. The second-order valence-corrected chi connectivity index (χ2v) is 8.29. The van der Waals surface area contributed by atoms with Crippen LogP contribution in [0.3, 0.4) is 0 Å². The van der Waals surface area contributed by atoms with E-state index in [1.165, 1.54) is 50.7 Å². The van der Waals surface area contributed by atoms with Gasteiger partial charge in [0.25, 0.3) is 0 Å². The van der Waals surface area contributed by atoms with Gasteiger partial charge in [-0.25, -0.2) is 0 Å². The van der Waals surface area contributed by atoms with Crippen LogP contribution in [-0.2, 0) is 9.53 Å². The Bertz CT molecular complexity index is 1200. The Morgan fingerprint density at radius 2 is 1.53 bits per heavy atom. The fourth-order valence-corrected chi connectivity index (χ4v) is 3.57. The molecule has 1 aliphatic heterocycles. The molecule has 11 heteroatoms. The summed E-state index contributed by atoms with van der Waals surface area (Å²) in [7, 11) is 2.80. The number of benzene rings is 2. The molecule has 1 heterocycles. The first-order chi connectivity index (χ1) is 18.2. The lowest BCUT2D eigenvalue weighted by atomic mass is 9.99. The third kappa shape index (κ3) is 7.12. The highest BCUT2D eigenvalue weighted by molar-refractivity contribution is 6.02. The van der Waals surface area contributed by atoms with Crippen molar-refractivity contribution in [2.24, 2.45) is 0 Å². The van der Waals surface area contributed by atoms with Crippen LogP contribution in [0, 0.1) is 0 Å². The second kappa shape index (κ2) is 13.1. The molecule has 11 nitrogen and oxygen atoms in total. The minimum absolute atomic E-state index is 0.0243. The van der Waals surface area contributed by atoms with E-state index < -0.39 is 43.1 Å². The van der Waals surface area contributed by atoms with Gasteiger partial charge in [0.05, 0.1) is 20.8 Å². The lowest BCUT2D eigenvalue weighted by Crippen LogP contribution is -2.60. The summed E-state index contributed by atoms with van der Waals surface area (Å²) in [4.78, 5) is 12.2. The number of ketones is 1. The number of aliphatic hydroxyl groups is 5. The van der Waals surface area contributed by atoms with E-state index in [2.05, 4.69) is 0 Å². The molecule has 2 aromatic carbocycles. The van der Waals surface area contributed by atoms with Gasteiger partial charge in [0, 0.05) is 6.08 Å². The zero-order chi connectivity index (χ0) is 27.8. The van der Waals surface area contributed by atoms with Gasteiger partial charge in [-0.3, -0.25) is 4.79 Å². The summed E-state index contributed by atoms with van der Waals surface area (Å²) in [6.07, 6.45) is -0.562. The highest BCUT2D eigenvalue weighted by Gasteiger charge is 2.44. The molecule has 0 spiro atoms. The van der Waals surface area contributed by atoms with Gasteiger partial charge < -0.3 is 49.6 Å². The van der Waals surface area contributed by atoms with E-state index in [-0.39, 0.29) is 28.8 Å². The van der Waals surface area contributed by atoms with Crippen molar-refractivity contribution in [2.45, 2.75) is 30.7 Å². The number of phenolic OH excluding ortho intramolecular Hbond substituents is 1. The normalized spacial score (nSPS) is 24.1. The molecular weight excluding hydrogens is 500 g/mol. The molecule has 0 bridgehead atoms. The van der Waals surface area contributed by atoms with Crippen LogP contribution in [0.1, 0.15) is 11.1 Å². The minimum Gasteiger partial charge on any atom is -0.508 e. The van der Waals surface area contributed by atoms with Gasteiger partial charge >= 0.3 is 0 Å². The second-order valence-electron chi connectivity index (χ2n) is 8.29. The molecule has 0 radical (unpaired) electrons. The van der Waals surface area contributed by atoms with E-state index in [1.54, 1.807) is 24.3 Å². The molecular formula is C27H30O11. The third-order valence-corrected chi connectivity index (χ3v) is 5.66. The smallest absolute Gasteiger partial charge is 0.229 e. The quantitative estimate of drug-likeness (QED) is 0.148. The van der Waals surface area contributed by atoms with Crippen LogP contribution in [0.4, 0.5) is 0 Å². The number of carbonyl (C=O) groups is 1. The Morgan fingerprint density at radius 1 is 0.895 bits per heavy atom. The Kier molecular flexibility index (Phi) is 9.88. The number of aliphatic hydroxyl groups excluding tert-OH is 5. The summed E-state index contributed by atoms with van der Waals surface area (Å²) in [6.45, 7) is -0.591. The Morgan fingerprint density at radius 3 is 2.18 bits per heavy atom. The topological polar surface area (TPSA) is 175 Å². The van der Waals surface area contributed by atoms with Crippen LogP contribution in [0.2, 0.25) is 0 Å². The summed E-state index contributed by atoms with van der Waals surface area (Å²) >= 11 is 0. The zero-order valence-electron chi connectivity index (χ0n) is 20.7. The highest BCUT2D eigenvalue weighted by atomic mass is 16.7. The molecule has 0 saturated carbocycles. The van der Waals surface area contributed by atoms with Crippen molar-refractivity contribution >= 4 is 17.9 Å². The van der Waals surface area contributed by atoms with Crippen LogP contribution >= 0.6 is 0 Å². The number of phenols is 1. The van der Waals surface area contributed by atoms with Crippen LogP contribution < -0.4 is 14.2 Å². The van der Waals surface area contributed by atoms with E-state index in [1.807, 2.05) is 0 Å². The summed E-state index contributed by atoms with van der Waals surface area (Å²) in [6, 6.07) is 9.26. The van der Waals surface area contributed by atoms with Crippen molar-refractivity contribution in [2.75, 3.05) is 20.8 Å². The van der Waals surface area contributed by atoms with E-state index in [0.29, 0.717) is 11.1 Å². The number of ether oxygens (including phenoxy) is 4. The molecule has 3 rings (SSSR count). The van der Waals surface area contributed by atoms with Crippen LogP contribution in [0.15, 0.2) is 60.4 Å². The van der Waals surface area contributed by atoms with Gasteiger partial charge in [0.1, 0.15) is 30.2 Å². The SMILES string of the molecule is COc1cc(/C=C/C(=O)/C=C(O)/C=C/c2ccc(O[C@@H]3O[C@H](CO)[C@H](O)[C@H](O)[C@H]3O)c(OC)c2)ccc1O. The fraction of sp³-hybridized carbons (Fsp3) is 0.296. The lowest BCUT2D eigenvalue weighted by Gasteiger charge is -2.39. The molecule has 0 aromatic heterocycles. The highest BCUT2D eigenvalue weighted by Crippen LogP contribution is 2.32. The molecule has 204 valence electrons. The van der Waals surface area contributed by atoms with E-state index in [9.17, 15) is 35.4 Å². The van der Waals surface area contributed by atoms with Gasteiger partial charge in [0.15, 0.2) is 28.8 Å². The predicted molar refractivity (Wildman–Crippen MR) is 136 cm³/mol. The van der Waals surface area contributed by atoms with Crippen molar-refractivity contribution in [3.8, 4) is 23.0 Å². The van der Waals surface area contributed by atoms with Crippen LogP contribution in [0.25, 0.3) is 12.2 Å². The monoisotopic (exact) mass is 530 g/mol. The van der Waals surface area contributed by atoms with Crippen molar-refractivity contribution in [3.05, 3.63) is 71.5 Å². The number of hydrogen-bond donors (Lipinski definition) is 6. The largest absolute Gasteiger partial charge is 0.508 e. The molecule has 1 saturated heterocycles. The molecule has 2 aromatic rings. The summed E-state index contributed by atoms with van der Waals surface area (Å²) in [5.41, 5.74) is 1.19.